The molecule has 0 aliphatic carbocycles. The molecule has 39 heavy (non-hydrogen) atoms. The summed E-state index contributed by atoms with van der Waals surface area (Å²) in [5, 5.41) is 12.8. The second kappa shape index (κ2) is 21.3. The van der Waals surface area contributed by atoms with Crippen molar-refractivity contribution in [3.8, 4) is 0 Å². The van der Waals surface area contributed by atoms with Gasteiger partial charge in [-0.3, -0.25) is 9.35 Å². The first kappa shape index (κ1) is 37.5. The van der Waals surface area contributed by atoms with Crippen LogP contribution in [0.25, 0.3) is 0 Å². The van der Waals surface area contributed by atoms with Gasteiger partial charge in [-0.2, -0.15) is 8.42 Å². The zero-order valence-corrected chi connectivity index (χ0v) is 26.2. The van der Waals surface area contributed by atoms with Gasteiger partial charge in [0.25, 0.3) is 10.1 Å². The zero-order chi connectivity index (χ0) is 29.7. The molecule has 1 aromatic rings. The fourth-order valence-corrected chi connectivity index (χ4v) is 4.80. The van der Waals surface area contributed by atoms with E-state index in [1.165, 1.54) is 95.6 Å². The standard InChI is InChI=1S/C24H50N2O2.C7H8O3S/c1-5-6-7-8-9-10-11-12-13-14-15-16-17-18-19-20-23(27)26-22(3)21(2)24(4,25)28;1-6-2-4-7(5-3-6)11(8,9)10/h21-22,28H,5-20,25H2,1-4H3,(H,26,27);2-5H,1H3,(H,8,9,10). The van der Waals surface area contributed by atoms with E-state index in [0.717, 1.165) is 18.4 Å². The van der Waals surface area contributed by atoms with Crippen molar-refractivity contribution in [2.45, 2.75) is 154 Å². The number of unbranched alkanes of at least 4 members (excludes halogenated alkanes) is 14. The van der Waals surface area contributed by atoms with Crippen LogP contribution in [0.4, 0.5) is 0 Å². The Labute approximate surface area is 239 Å². The molecule has 0 heterocycles. The SMILES string of the molecule is CCCCCCCCCCCCCCCCCC(=O)NC(C)C(C)C(C)(N)O.Cc1ccc(S(=O)(=O)O)cc1. The summed E-state index contributed by atoms with van der Waals surface area (Å²) in [7, 11) is -4.02. The third-order valence-electron chi connectivity index (χ3n) is 7.39. The summed E-state index contributed by atoms with van der Waals surface area (Å²) in [6, 6.07) is 5.87. The highest BCUT2D eigenvalue weighted by atomic mass is 32.2. The molecule has 1 aromatic carbocycles. The van der Waals surface area contributed by atoms with Gasteiger partial charge in [-0.25, -0.2) is 0 Å². The summed E-state index contributed by atoms with van der Waals surface area (Å²) in [4.78, 5) is 11.9. The van der Waals surface area contributed by atoms with Crippen molar-refractivity contribution in [1.29, 1.82) is 0 Å². The van der Waals surface area contributed by atoms with Crippen molar-refractivity contribution >= 4 is 16.0 Å². The average molecular weight is 571 g/mol. The molecule has 0 saturated carbocycles. The summed E-state index contributed by atoms with van der Waals surface area (Å²) in [6.45, 7) is 9.45. The summed E-state index contributed by atoms with van der Waals surface area (Å²) in [5.41, 5.74) is 5.39. The van der Waals surface area contributed by atoms with Gasteiger partial charge in [0.15, 0.2) is 0 Å². The Morgan fingerprint density at radius 1 is 0.846 bits per heavy atom. The molecule has 0 fully saturated rings. The van der Waals surface area contributed by atoms with E-state index in [1.54, 1.807) is 19.1 Å². The fourth-order valence-electron chi connectivity index (χ4n) is 4.32. The van der Waals surface area contributed by atoms with Crippen molar-refractivity contribution in [3.05, 3.63) is 29.8 Å². The number of nitrogens with one attached hydrogen (secondary N) is 1. The molecule has 5 N–H and O–H groups in total. The van der Waals surface area contributed by atoms with E-state index < -0.39 is 15.8 Å². The lowest BCUT2D eigenvalue weighted by molar-refractivity contribution is -0.122. The number of rotatable bonds is 20. The van der Waals surface area contributed by atoms with E-state index in [2.05, 4.69) is 12.2 Å². The molecule has 0 saturated heterocycles. The number of aliphatic hydroxyl groups is 1. The molecule has 8 heteroatoms. The van der Waals surface area contributed by atoms with Crippen molar-refractivity contribution < 1.29 is 22.9 Å². The Bertz CT molecular complexity index is 851. The van der Waals surface area contributed by atoms with Crippen LogP contribution in [-0.2, 0) is 14.9 Å². The summed E-state index contributed by atoms with van der Waals surface area (Å²) in [5.74, 6) is -0.115. The highest BCUT2D eigenvalue weighted by molar-refractivity contribution is 7.85. The van der Waals surface area contributed by atoms with Gasteiger partial charge in [-0.1, -0.05) is 121 Å². The predicted octanol–water partition coefficient (Wildman–Crippen LogP) is 7.30. The van der Waals surface area contributed by atoms with Crippen LogP contribution in [0.5, 0.6) is 0 Å². The van der Waals surface area contributed by atoms with E-state index >= 15 is 0 Å². The molecule has 7 nitrogen and oxygen atoms in total. The third-order valence-corrected chi connectivity index (χ3v) is 8.25. The van der Waals surface area contributed by atoms with Gasteiger partial charge in [0.1, 0.15) is 5.72 Å². The first-order valence-corrected chi connectivity index (χ1v) is 16.6. The molecule has 3 atom stereocenters. The number of carbonyl (C=O) groups excluding carboxylic acids is 1. The van der Waals surface area contributed by atoms with Gasteiger partial charge in [-0.05, 0) is 39.3 Å². The fraction of sp³-hybridized carbons (Fsp3) is 0.774. The number of hydrogen-bond donors (Lipinski definition) is 4. The van der Waals surface area contributed by atoms with Crippen LogP contribution in [0.3, 0.4) is 0 Å². The van der Waals surface area contributed by atoms with Crippen LogP contribution < -0.4 is 11.1 Å². The molecule has 1 amide bonds. The van der Waals surface area contributed by atoms with Crippen molar-refractivity contribution in [3.63, 3.8) is 0 Å². The van der Waals surface area contributed by atoms with Crippen LogP contribution >= 0.6 is 0 Å². The van der Waals surface area contributed by atoms with Crippen molar-refractivity contribution in [1.82, 2.24) is 5.32 Å². The van der Waals surface area contributed by atoms with E-state index in [9.17, 15) is 18.3 Å². The highest BCUT2D eigenvalue weighted by Crippen LogP contribution is 2.16. The number of hydrogen-bond acceptors (Lipinski definition) is 5. The Kier molecular flexibility index (Phi) is 20.5. The lowest BCUT2D eigenvalue weighted by Gasteiger charge is -2.31. The molecule has 0 bridgehead atoms. The highest BCUT2D eigenvalue weighted by Gasteiger charge is 2.28. The maximum Gasteiger partial charge on any atom is 0.294 e. The first-order chi connectivity index (χ1) is 18.3. The smallest absolute Gasteiger partial charge is 0.294 e. The number of amides is 1. The first-order valence-electron chi connectivity index (χ1n) is 15.1. The maximum absolute atomic E-state index is 12.0. The largest absolute Gasteiger partial charge is 0.376 e. The van der Waals surface area contributed by atoms with Crippen molar-refractivity contribution in [2.24, 2.45) is 11.7 Å². The van der Waals surface area contributed by atoms with E-state index in [4.69, 9.17) is 10.3 Å². The molecular formula is C31H58N2O5S. The van der Waals surface area contributed by atoms with E-state index in [0.29, 0.717) is 6.42 Å². The average Bonchev–Trinajstić information content (AvgIpc) is 2.85. The van der Waals surface area contributed by atoms with Crippen molar-refractivity contribution in [2.75, 3.05) is 0 Å². The van der Waals surface area contributed by atoms with Crippen LogP contribution in [-0.4, -0.2) is 35.8 Å². The van der Waals surface area contributed by atoms with Crippen LogP contribution in [0.2, 0.25) is 0 Å². The van der Waals surface area contributed by atoms with E-state index in [1.807, 2.05) is 20.8 Å². The van der Waals surface area contributed by atoms with Gasteiger partial charge in [0, 0.05) is 18.4 Å². The monoisotopic (exact) mass is 570 g/mol. The lowest BCUT2D eigenvalue weighted by atomic mass is 9.93. The number of nitrogens with two attached hydrogens (primary N) is 1. The quantitative estimate of drug-likeness (QED) is 0.0739. The van der Waals surface area contributed by atoms with Crippen LogP contribution in [0, 0.1) is 12.8 Å². The molecule has 0 aromatic heterocycles. The maximum atomic E-state index is 12.0. The molecule has 228 valence electrons. The molecule has 0 aliphatic rings. The molecule has 0 spiro atoms. The Morgan fingerprint density at radius 3 is 1.59 bits per heavy atom. The number of aryl methyl sites for hydroxylation is 1. The molecule has 0 aliphatic heterocycles. The van der Waals surface area contributed by atoms with E-state index in [-0.39, 0.29) is 22.8 Å². The zero-order valence-electron chi connectivity index (χ0n) is 25.4. The Hall–Kier alpha value is -1.48. The Morgan fingerprint density at radius 2 is 1.23 bits per heavy atom. The van der Waals surface area contributed by atoms with Crippen LogP contribution in [0.1, 0.15) is 136 Å². The second-order valence-corrected chi connectivity index (χ2v) is 12.8. The van der Waals surface area contributed by atoms with Gasteiger partial charge in [-0.15, -0.1) is 0 Å². The van der Waals surface area contributed by atoms with Gasteiger partial charge in [0.05, 0.1) is 4.90 Å². The minimum atomic E-state index is -4.02. The Balaban J connectivity index is 0.00000108. The number of carbonyl (C=O) groups is 1. The lowest BCUT2D eigenvalue weighted by Crippen LogP contribution is -2.52. The van der Waals surface area contributed by atoms with Gasteiger partial charge in [0.2, 0.25) is 5.91 Å². The third kappa shape index (κ3) is 21.0. The van der Waals surface area contributed by atoms with Gasteiger partial charge < -0.3 is 16.2 Å². The minimum absolute atomic E-state index is 0.0666. The minimum Gasteiger partial charge on any atom is -0.376 e. The molecular weight excluding hydrogens is 512 g/mol. The van der Waals surface area contributed by atoms with Crippen LogP contribution in [0.15, 0.2) is 29.2 Å². The number of benzene rings is 1. The topological polar surface area (TPSA) is 130 Å². The summed E-state index contributed by atoms with van der Waals surface area (Å²) in [6.07, 6.45) is 20.5. The summed E-state index contributed by atoms with van der Waals surface area (Å²) < 4.78 is 29.6. The molecule has 1 rings (SSSR count). The predicted molar refractivity (Wildman–Crippen MR) is 162 cm³/mol. The summed E-state index contributed by atoms with van der Waals surface area (Å²) >= 11 is 0. The molecule has 3 unspecified atom stereocenters. The van der Waals surface area contributed by atoms with Gasteiger partial charge >= 0.3 is 0 Å². The molecule has 0 radical (unpaired) electrons. The second-order valence-electron chi connectivity index (χ2n) is 11.4. The normalized spacial score (nSPS) is 14.6.